The number of nitrogens with zero attached hydrogens (tertiary/aromatic N) is 1. The maximum atomic E-state index is 11.8. The maximum Gasteiger partial charge on any atom is 0.269 e. The maximum absolute atomic E-state index is 11.8. The zero-order valence-corrected chi connectivity index (χ0v) is 9.77. The first-order valence-electron chi connectivity index (χ1n) is 5.45. The third kappa shape index (κ3) is 2.43. The van der Waals surface area contributed by atoms with Gasteiger partial charge in [0.05, 0.1) is 4.92 Å². The van der Waals surface area contributed by atoms with Gasteiger partial charge >= 0.3 is 0 Å². The second kappa shape index (κ2) is 3.84. The molecule has 1 aromatic rings. The molecule has 1 fully saturated rings. The van der Waals surface area contributed by atoms with Crippen molar-refractivity contribution >= 4 is 17.3 Å². The number of carbonyl (C=O) groups is 1. The number of nitrogens with one attached hydrogen (secondary N) is 1. The third-order valence-corrected chi connectivity index (χ3v) is 3.18. The molecule has 5 nitrogen and oxygen atoms in total. The van der Waals surface area contributed by atoms with Crippen LogP contribution in [-0.4, -0.2) is 10.8 Å². The zero-order chi connectivity index (χ0) is 12.6. The van der Waals surface area contributed by atoms with Gasteiger partial charge in [0.15, 0.2) is 0 Å². The van der Waals surface area contributed by atoms with Crippen LogP contribution in [0.25, 0.3) is 0 Å². The van der Waals surface area contributed by atoms with Crippen molar-refractivity contribution in [2.45, 2.75) is 20.3 Å². The van der Waals surface area contributed by atoms with E-state index in [0.29, 0.717) is 5.69 Å². The largest absolute Gasteiger partial charge is 0.326 e. The summed E-state index contributed by atoms with van der Waals surface area (Å²) in [6.45, 7) is 4.10. The summed E-state index contributed by atoms with van der Waals surface area (Å²) >= 11 is 0. The average molecular weight is 234 g/mol. The number of amides is 1. The van der Waals surface area contributed by atoms with Crippen LogP contribution in [-0.2, 0) is 4.79 Å². The van der Waals surface area contributed by atoms with Gasteiger partial charge in [-0.3, -0.25) is 14.9 Å². The van der Waals surface area contributed by atoms with Gasteiger partial charge < -0.3 is 5.32 Å². The topological polar surface area (TPSA) is 72.2 Å². The highest BCUT2D eigenvalue weighted by molar-refractivity contribution is 5.95. The van der Waals surface area contributed by atoms with E-state index in [2.05, 4.69) is 5.32 Å². The van der Waals surface area contributed by atoms with Crippen LogP contribution in [0.1, 0.15) is 20.3 Å². The highest BCUT2D eigenvalue weighted by atomic mass is 16.6. The minimum Gasteiger partial charge on any atom is -0.326 e. The van der Waals surface area contributed by atoms with Crippen molar-refractivity contribution < 1.29 is 9.72 Å². The van der Waals surface area contributed by atoms with E-state index in [-0.39, 0.29) is 22.9 Å². The highest BCUT2D eigenvalue weighted by Gasteiger charge is 2.50. The summed E-state index contributed by atoms with van der Waals surface area (Å²) in [5.74, 6) is 0.0431. The number of nitro groups is 1. The van der Waals surface area contributed by atoms with Gasteiger partial charge in [-0.05, 0) is 24.0 Å². The van der Waals surface area contributed by atoms with Crippen molar-refractivity contribution in [1.29, 1.82) is 0 Å². The lowest BCUT2D eigenvalue weighted by molar-refractivity contribution is -0.384. The van der Waals surface area contributed by atoms with Gasteiger partial charge in [0.1, 0.15) is 0 Å². The second-order valence-corrected chi connectivity index (χ2v) is 5.04. The SMILES string of the molecule is CC1(C)C[C@H]1C(=O)Nc1ccc([N+](=O)[O-])cc1. The van der Waals surface area contributed by atoms with E-state index in [0.717, 1.165) is 6.42 Å². The number of benzene rings is 1. The van der Waals surface area contributed by atoms with E-state index in [1.807, 2.05) is 13.8 Å². The Labute approximate surface area is 99.0 Å². The van der Waals surface area contributed by atoms with Gasteiger partial charge in [0.2, 0.25) is 5.91 Å². The predicted molar refractivity (Wildman–Crippen MR) is 63.6 cm³/mol. The molecule has 0 heterocycles. The molecule has 1 saturated carbocycles. The van der Waals surface area contributed by atoms with Crippen molar-refractivity contribution in [3.05, 3.63) is 34.4 Å². The first kappa shape index (κ1) is 11.6. The normalized spacial score (nSPS) is 20.7. The lowest BCUT2D eigenvalue weighted by Gasteiger charge is -2.06. The van der Waals surface area contributed by atoms with E-state index in [1.165, 1.54) is 12.1 Å². The Morgan fingerprint density at radius 1 is 1.41 bits per heavy atom. The van der Waals surface area contributed by atoms with Crippen LogP contribution in [0.15, 0.2) is 24.3 Å². The van der Waals surface area contributed by atoms with E-state index in [4.69, 9.17) is 0 Å². The van der Waals surface area contributed by atoms with Crippen LogP contribution in [0.2, 0.25) is 0 Å². The first-order chi connectivity index (χ1) is 7.90. The minimum absolute atomic E-state index is 0.0103. The minimum atomic E-state index is -0.463. The molecule has 1 aromatic carbocycles. The van der Waals surface area contributed by atoms with Gasteiger partial charge in [0, 0.05) is 23.7 Å². The third-order valence-electron chi connectivity index (χ3n) is 3.18. The van der Waals surface area contributed by atoms with Crippen molar-refractivity contribution in [2.75, 3.05) is 5.32 Å². The van der Waals surface area contributed by atoms with Crippen molar-refractivity contribution in [2.24, 2.45) is 11.3 Å². The molecule has 90 valence electrons. The molecular weight excluding hydrogens is 220 g/mol. The molecule has 5 heteroatoms. The molecule has 2 rings (SSSR count). The van der Waals surface area contributed by atoms with Gasteiger partial charge in [-0.15, -0.1) is 0 Å². The summed E-state index contributed by atoms with van der Waals surface area (Å²) in [4.78, 5) is 21.8. The fraction of sp³-hybridized carbons (Fsp3) is 0.417. The van der Waals surface area contributed by atoms with Gasteiger partial charge in [0.25, 0.3) is 5.69 Å². The summed E-state index contributed by atoms with van der Waals surface area (Å²) in [7, 11) is 0. The summed E-state index contributed by atoms with van der Waals surface area (Å²) in [6, 6.07) is 5.86. The van der Waals surface area contributed by atoms with Crippen molar-refractivity contribution in [3.8, 4) is 0 Å². The van der Waals surface area contributed by atoms with Gasteiger partial charge in [-0.1, -0.05) is 13.8 Å². The van der Waals surface area contributed by atoms with Crippen LogP contribution in [0, 0.1) is 21.4 Å². The molecule has 1 aliphatic rings. The quantitative estimate of drug-likeness (QED) is 0.645. The van der Waals surface area contributed by atoms with Crippen molar-refractivity contribution in [1.82, 2.24) is 0 Å². The number of hydrogen-bond donors (Lipinski definition) is 1. The number of hydrogen-bond acceptors (Lipinski definition) is 3. The fourth-order valence-electron chi connectivity index (χ4n) is 1.81. The Morgan fingerprint density at radius 2 is 1.94 bits per heavy atom. The Morgan fingerprint density at radius 3 is 2.35 bits per heavy atom. The molecule has 0 spiro atoms. The van der Waals surface area contributed by atoms with Crippen molar-refractivity contribution in [3.63, 3.8) is 0 Å². The van der Waals surface area contributed by atoms with E-state index >= 15 is 0 Å². The number of non-ortho nitro benzene ring substituents is 1. The number of anilines is 1. The number of nitro benzene ring substituents is 1. The second-order valence-electron chi connectivity index (χ2n) is 5.04. The summed E-state index contributed by atoms with van der Waals surface area (Å²) < 4.78 is 0. The van der Waals surface area contributed by atoms with E-state index < -0.39 is 4.92 Å². The van der Waals surface area contributed by atoms with E-state index in [1.54, 1.807) is 12.1 Å². The molecule has 1 N–H and O–H groups in total. The van der Waals surface area contributed by atoms with Crippen LogP contribution in [0.3, 0.4) is 0 Å². The molecule has 0 aromatic heterocycles. The first-order valence-corrected chi connectivity index (χ1v) is 5.45. The lowest BCUT2D eigenvalue weighted by atomic mass is 10.1. The summed E-state index contributed by atoms with van der Waals surface area (Å²) in [5.41, 5.74) is 0.711. The molecular formula is C12H14N2O3. The summed E-state index contributed by atoms with van der Waals surface area (Å²) in [5, 5.41) is 13.2. The zero-order valence-electron chi connectivity index (χ0n) is 9.77. The molecule has 1 aliphatic carbocycles. The molecule has 0 bridgehead atoms. The number of carbonyl (C=O) groups excluding carboxylic acids is 1. The Balaban J connectivity index is 2.00. The molecule has 1 atom stereocenters. The molecule has 17 heavy (non-hydrogen) atoms. The predicted octanol–water partition coefficient (Wildman–Crippen LogP) is 2.58. The Bertz CT molecular complexity index is 465. The summed E-state index contributed by atoms with van der Waals surface area (Å²) in [6.07, 6.45) is 0.895. The standard InChI is InChI=1S/C12H14N2O3/c1-12(2)7-10(12)11(15)13-8-3-5-9(6-4-8)14(16)17/h3-6,10H,7H2,1-2H3,(H,13,15)/t10-/m0/s1. The fourth-order valence-corrected chi connectivity index (χ4v) is 1.81. The highest BCUT2D eigenvalue weighted by Crippen LogP contribution is 2.51. The lowest BCUT2D eigenvalue weighted by Crippen LogP contribution is -2.16. The molecule has 0 radical (unpaired) electrons. The Hall–Kier alpha value is -1.91. The number of rotatable bonds is 3. The molecule has 0 saturated heterocycles. The molecule has 0 unspecified atom stereocenters. The molecule has 0 aliphatic heterocycles. The molecule has 1 amide bonds. The van der Waals surface area contributed by atoms with Crippen LogP contribution < -0.4 is 5.32 Å². The van der Waals surface area contributed by atoms with Gasteiger partial charge in [-0.2, -0.15) is 0 Å². The Kier molecular flexibility index (Phi) is 2.61. The van der Waals surface area contributed by atoms with Crippen LogP contribution >= 0.6 is 0 Å². The smallest absolute Gasteiger partial charge is 0.269 e. The monoisotopic (exact) mass is 234 g/mol. The van der Waals surface area contributed by atoms with Crippen LogP contribution in [0.4, 0.5) is 11.4 Å². The average Bonchev–Trinajstić information content (AvgIpc) is 2.89. The van der Waals surface area contributed by atoms with Gasteiger partial charge in [-0.25, -0.2) is 0 Å². The van der Waals surface area contributed by atoms with E-state index in [9.17, 15) is 14.9 Å². The van der Waals surface area contributed by atoms with Crippen LogP contribution in [0.5, 0.6) is 0 Å².